The van der Waals surface area contributed by atoms with E-state index in [-0.39, 0.29) is 0 Å². The number of hydrogen-bond acceptors (Lipinski definition) is 1. The van der Waals surface area contributed by atoms with Gasteiger partial charge in [0, 0.05) is 10.7 Å². The van der Waals surface area contributed by atoms with Crippen LogP contribution in [-0.4, -0.2) is 25.6 Å². The molecule has 0 heterocycles. The Bertz CT molecular complexity index is 213. The first-order valence-electron chi connectivity index (χ1n) is 5.18. The molecule has 0 aromatic rings. The van der Waals surface area contributed by atoms with Crippen LogP contribution in [0.25, 0.3) is 0 Å². The predicted octanol–water partition coefficient (Wildman–Crippen LogP) is 4.72. The van der Waals surface area contributed by atoms with Crippen LogP contribution in [0.2, 0.25) is 18.1 Å². The molecule has 1 nitrogen and oxygen atoms in total. The summed E-state index contributed by atoms with van der Waals surface area (Å²) in [7, 11) is -1.57. The van der Waals surface area contributed by atoms with E-state index in [1.165, 1.54) is 5.57 Å². The maximum atomic E-state index is 6.05. The van der Waals surface area contributed by atoms with E-state index in [0.717, 1.165) is 17.3 Å². The highest BCUT2D eigenvalue weighted by atomic mass is 79.9. The molecule has 0 N–H and O–H groups in total. The summed E-state index contributed by atoms with van der Waals surface area (Å²) in [4.78, 5) is 0. The van der Waals surface area contributed by atoms with Gasteiger partial charge in [-0.2, -0.15) is 0 Å². The molecule has 0 spiro atoms. The standard InChI is InChI=1S/C11H22Br2OSi/c1-11(2,3)15(4,5)14-7-6-10(8-12)9-13/h6H,7-9H2,1-5H3. The molecular formula is C11H22Br2OSi. The second kappa shape index (κ2) is 6.57. The van der Waals surface area contributed by atoms with Crippen molar-refractivity contribution < 1.29 is 4.43 Å². The van der Waals surface area contributed by atoms with Gasteiger partial charge in [-0.1, -0.05) is 64.3 Å². The summed E-state index contributed by atoms with van der Waals surface area (Å²) in [6.45, 7) is 12.1. The molecule has 90 valence electrons. The molecule has 0 rings (SSSR count). The lowest BCUT2D eigenvalue weighted by molar-refractivity contribution is 0.327. The number of rotatable bonds is 5. The summed E-state index contributed by atoms with van der Waals surface area (Å²) in [5.74, 6) is 0. The molecule has 0 saturated heterocycles. The predicted molar refractivity (Wildman–Crippen MR) is 78.8 cm³/mol. The molecule has 0 unspecified atom stereocenters. The zero-order chi connectivity index (χ0) is 12.1. The summed E-state index contributed by atoms with van der Waals surface area (Å²) in [5, 5.41) is 2.13. The Balaban J connectivity index is 4.22. The Labute approximate surface area is 112 Å². The van der Waals surface area contributed by atoms with E-state index in [1.807, 2.05) is 0 Å². The maximum Gasteiger partial charge on any atom is 0.192 e. The van der Waals surface area contributed by atoms with Gasteiger partial charge in [0.05, 0.1) is 6.61 Å². The highest BCUT2D eigenvalue weighted by Crippen LogP contribution is 2.36. The minimum absolute atomic E-state index is 0.295. The van der Waals surface area contributed by atoms with Gasteiger partial charge in [0.15, 0.2) is 8.32 Å². The Morgan fingerprint density at radius 1 is 1.20 bits per heavy atom. The van der Waals surface area contributed by atoms with E-state index in [0.29, 0.717) is 5.04 Å². The van der Waals surface area contributed by atoms with Crippen molar-refractivity contribution in [3.8, 4) is 0 Å². The van der Waals surface area contributed by atoms with Crippen LogP contribution in [0.5, 0.6) is 0 Å². The number of hydrogen-bond donors (Lipinski definition) is 0. The molecule has 0 aromatic carbocycles. The van der Waals surface area contributed by atoms with Gasteiger partial charge in [0.25, 0.3) is 0 Å². The number of allylic oxidation sites excluding steroid dienone is 1. The SMILES string of the molecule is CC(C)(C)[Si](C)(C)OCC=C(CBr)CBr. The van der Waals surface area contributed by atoms with Crippen LogP contribution >= 0.6 is 31.9 Å². The van der Waals surface area contributed by atoms with Crippen LogP contribution in [0.4, 0.5) is 0 Å². The molecule has 0 radical (unpaired) electrons. The van der Waals surface area contributed by atoms with Gasteiger partial charge in [-0.25, -0.2) is 0 Å². The zero-order valence-electron chi connectivity index (χ0n) is 10.4. The average Bonchev–Trinajstić information content (AvgIpc) is 2.10. The lowest BCUT2D eigenvalue weighted by Crippen LogP contribution is -2.40. The van der Waals surface area contributed by atoms with Crippen molar-refractivity contribution in [2.45, 2.75) is 38.9 Å². The summed E-state index contributed by atoms with van der Waals surface area (Å²) >= 11 is 6.91. The normalized spacial score (nSPS) is 12.7. The maximum absolute atomic E-state index is 6.05. The topological polar surface area (TPSA) is 9.23 Å². The first-order chi connectivity index (χ1) is 6.74. The van der Waals surface area contributed by atoms with E-state index in [9.17, 15) is 0 Å². The van der Waals surface area contributed by atoms with Gasteiger partial charge in [-0.15, -0.1) is 0 Å². The van der Waals surface area contributed by atoms with Crippen LogP contribution in [0.3, 0.4) is 0 Å². The lowest BCUT2D eigenvalue weighted by Gasteiger charge is -2.35. The van der Waals surface area contributed by atoms with Crippen molar-refractivity contribution in [2.75, 3.05) is 17.3 Å². The minimum Gasteiger partial charge on any atom is -0.413 e. The van der Waals surface area contributed by atoms with Gasteiger partial charge in [0.2, 0.25) is 0 Å². The van der Waals surface area contributed by atoms with E-state index >= 15 is 0 Å². The lowest BCUT2D eigenvalue weighted by atomic mass is 10.2. The minimum atomic E-state index is -1.57. The second-order valence-electron chi connectivity index (χ2n) is 5.20. The molecule has 0 aromatic heterocycles. The molecule has 0 saturated carbocycles. The second-order valence-corrected chi connectivity index (χ2v) is 11.1. The summed E-state index contributed by atoms with van der Waals surface area (Å²) in [6.07, 6.45) is 2.17. The fraction of sp³-hybridized carbons (Fsp3) is 0.818. The van der Waals surface area contributed by atoms with E-state index in [4.69, 9.17) is 4.43 Å². The molecule has 4 heteroatoms. The Kier molecular flexibility index (Phi) is 6.96. The number of halogens is 2. The Morgan fingerprint density at radius 3 is 2.00 bits per heavy atom. The van der Waals surface area contributed by atoms with E-state index < -0.39 is 8.32 Å². The summed E-state index contributed by atoms with van der Waals surface area (Å²) in [5.41, 5.74) is 1.34. The van der Waals surface area contributed by atoms with E-state index in [1.54, 1.807) is 0 Å². The fourth-order valence-electron chi connectivity index (χ4n) is 0.729. The number of alkyl halides is 2. The fourth-order valence-corrected chi connectivity index (χ4v) is 3.05. The molecule has 0 aliphatic carbocycles. The van der Waals surface area contributed by atoms with Gasteiger partial charge >= 0.3 is 0 Å². The quantitative estimate of drug-likeness (QED) is 0.392. The largest absolute Gasteiger partial charge is 0.413 e. The molecule has 15 heavy (non-hydrogen) atoms. The van der Waals surface area contributed by atoms with Gasteiger partial charge in [-0.3, -0.25) is 0 Å². The van der Waals surface area contributed by atoms with Crippen LogP contribution < -0.4 is 0 Å². The van der Waals surface area contributed by atoms with Crippen LogP contribution in [-0.2, 0) is 4.43 Å². The van der Waals surface area contributed by atoms with Crippen molar-refractivity contribution in [3.05, 3.63) is 11.6 Å². The zero-order valence-corrected chi connectivity index (χ0v) is 14.5. The van der Waals surface area contributed by atoms with Gasteiger partial charge in [-0.05, 0) is 18.1 Å². The smallest absolute Gasteiger partial charge is 0.192 e. The van der Waals surface area contributed by atoms with Crippen molar-refractivity contribution >= 4 is 40.2 Å². The van der Waals surface area contributed by atoms with Gasteiger partial charge < -0.3 is 4.43 Å². The molecule has 0 aliphatic heterocycles. The summed E-state index contributed by atoms with van der Waals surface area (Å²) in [6, 6.07) is 0. The molecule has 0 amide bonds. The third-order valence-electron chi connectivity index (χ3n) is 2.97. The van der Waals surface area contributed by atoms with Crippen LogP contribution in [0.1, 0.15) is 20.8 Å². The van der Waals surface area contributed by atoms with Crippen LogP contribution in [0.15, 0.2) is 11.6 Å². The monoisotopic (exact) mass is 356 g/mol. The van der Waals surface area contributed by atoms with Gasteiger partial charge in [0.1, 0.15) is 0 Å². The van der Waals surface area contributed by atoms with Crippen molar-refractivity contribution in [1.29, 1.82) is 0 Å². The molecular weight excluding hydrogens is 336 g/mol. The highest BCUT2D eigenvalue weighted by Gasteiger charge is 2.36. The molecule has 0 atom stereocenters. The van der Waals surface area contributed by atoms with Crippen molar-refractivity contribution in [3.63, 3.8) is 0 Å². The first-order valence-corrected chi connectivity index (χ1v) is 10.3. The molecule has 0 fully saturated rings. The molecule has 0 bridgehead atoms. The Morgan fingerprint density at radius 2 is 1.67 bits per heavy atom. The van der Waals surface area contributed by atoms with Crippen molar-refractivity contribution in [1.82, 2.24) is 0 Å². The Hall–Kier alpha value is 0.877. The van der Waals surface area contributed by atoms with Crippen LogP contribution in [0, 0.1) is 0 Å². The molecule has 0 aliphatic rings. The first kappa shape index (κ1) is 15.9. The third kappa shape index (κ3) is 5.66. The summed E-state index contributed by atoms with van der Waals surface area (Å²) < 4.78 is 6.05. The third-order valence-corrected chi connectivity index (χ3v) is 8.91. The highest BCUT2D eigenvalue weighted by molar-refractivity contribution is 9.10. The van der Waals surface area contributed by atoms with Crippen molar-refractivity contribution in [2.24, 2.45) is 0 Å². The van der Waals surface area contributed by atoms with E-state index in [2.05, 4.69) is 71.8 Å². The average molecular weight is 358 g/mol.